The minimum atomic E-state index is -2.42. The zero-order chi connectivity index (χ0) is 12.1. The van der Waals surface area contributed by atoms with Crippen molar-refractivity contribution < 1.29 is 13.5 Å². The normalized spacial score (nSPS) is 17.4. The number of alkyl halides is 2. The number of hydrogen-bond acceptors (Lipinski definition) is 2. The molecule has 1 saturated heterocycles. The summed E-state index contributed by atoms with van der Waals surface area (Å²) in [6.45, 7) is 1.51. The van der Waals surface area contributed by atoms with E-state index in [0.29, 0.717) is 11.7 Å². The molecule has 0 spiro atoms. The molecule has 2 nitrogen and oxygen atoms in total. The van der Waals surface area contributed by atoms with Gasteiger partial charge in [-0.05, 0) is 49.5 Å². The van der Waals surface area contributed by atoms with Crippen molar-refractivity contribution in [2.24, 2.45) is 0 Å². The van der Waals surface area contributed by atoms with Gasteiger partial charge in [-0.2, -0.15) is 0 Å². The number of halogens is 2. The molecular formula is C13H17F2NO. The van der Waals surface area contributed by atoms with Gasteiger partial charge in [0.05, 0.1) is 0 Å². The predicted molar refractivity (Wildman–Crippen MR) is 62.8 cm³/mol. The lowest BCUT2D eigenvalue weighted by Gasteiger charge is -2.23. The molecule has 0 bridgehead atoms. The average molecular weight is 241 g/mol. The van der Waals surface area contributed by atoms with Crippen LogP contribution in [0.25, 0.3) is 0 Å². The molecule has 4 heteroatoms. The van der Waals surface area contributed by atoms with Crippen LogP contribution in [-0.4, -0.2) is 26.1 Å². The van der Waals surface area contributed by atoms with Gasteiger partial charge in [0, 0.05) is 0 Å². The largest absolute Gasteiger partial charge is 0.488 e. The molecule has 1 aromatic carbocycles. The zero-order valence-electron chi connectivity index (χ0n) is 9.66. The maximum absolute atomic E-state index is 12.0. The van der Waals surface area contributed by atoms with Crippen LogP contribution in [0.4, 0.5) is 8.78 Å². The molecule has 2 rings (SSSR count). The highest BCUT2D eigenvalue weighted by Gasteiger charge is 2.15. The Morgan fingerprint density at radius 3 is 2.76 bits per heavy atom. The van der Waals surface area contributed by atoms with Crippen LogP contribution in [0.2, 0.25) is 0 Å². The molecule has 0 aromatic heterocycles. The molecule has 1 heterocycles. The highest BCUT2D eigenvalue weighted by molar-refractivity contribution is 5.31. The number of piperidine rings is 1. The minimum Gasteiger partial charge on any atom is -0.488 e. The van der Waals surface area contributed by atoms with Crippen molar-refractivity contribution >= 4 is 0 Å². The van der Waals surface area contributed by atoms with Crippen LogP contribution >= 0.6 is 0 Å². The van der Waals surface area contributed by atoms with Gasteiger partial charge in [-0.15, -0.1) is 0 Å². The summed E-state index contributed by atoms with van der Waals surface area (Å²) in [4.78, 5) is 0. The summed E-state index contributed by atoms with van der Waals surface area (Å²) < 4.78 is 29.1. The van der Waals surface area contributed by atoms with Gasteiger partial charge in [0.1, 0.15) is 12.4 Å². The van der Waals surface area contributed by atoms with Crippen molar-refractivity contribution in [1.29, 1.82) is 0 Å². The Bertz CT molecular complexity index is 351. The van der Waals surface area contributed by atoms with E-state index < -0.39 is 13.0 Å². The number of benzene rings is 1. The average Bonchev–Trinajstić information content (AvgIpc) is 2.38. The molecule has 1 fully saturated rings. The summed E-state index contributed by atoms with van der Waals surface area (Å²) in [5, 5.41) is 3.31. The van der Waals surface area contributed by atoms with Gasteiger partial charge < -0.3 is 10.1 Å². The van der Waals surface area contributed by atoms with Gasteiger partial charge in [-0.3, -0.25) is 0 Å². The quantitative estimate of drug-likeness (QED) is 0.875. The number of nitrogens with one attached hydrogen (secondary N) is 1. The topological polar surface area (TPSA) is 21.3 Å². The molecular weight excluding hydrogens is 224 g/mol. The van der Waals surface area contributed by atoms with Crippen molar-refractivity contribution in [3.05, 3.63) is 29.8 Å². The van der Waals surface area contributed by atoms with Gasteiger partial charge >= 0.3 is 0 Å². The van der Waals surface area contributed by atoms with Crippen molar-refractivity contribution in [3.8, 4) is 5.75 Å². The molecule has 0 radical (unpaired) electrons. The Balaban J connectivity index is 2.00. The second-order valence-corrected chi connectivity index (χ2v) is 4.30. The van der Waals surface area contributed by atoms with E-state index in [1.165, 1.54) is 5.56 Å². The van der Waals surface area contributed by atoms with Crippen LogP contribution in [0.5, 0.6) is 5.75 Å². The van der Waals surface area contributed by atoms with E-state index in [-0.39, 0.29) is 0 Å². The van der Waals surface area contributed by atoms with E-state index >= 15 is 0 Å². The molecule has 1 N–H and O–H groups in total. The minimum absolute atomic E-state index is 0.520. The molecule has 94 valence electrons. The Kier molecular flexibility index (Phi) is 4.31. The molecule has 0 aliphatic carbocycles. The van der Waals surface area contributed by atoms with Gasteiger partial charge in [0.2, 0.25) is 0 Å². The third kappa shape index (κ3) is 3.66. The first kappa shape index (κ1) is 12.3. The molecule has 1 aromatic rings. The SMILES string of the molecule is FC(F)COc1cccc(C2CCNCC2)c1. The highest BCUT2D eigenvalue weighted by atomic mass is 19.3. The molecule has 1 aliphatic rings. The monoisotopic (exact) mass is 241 g/mol. The van der Waals surface area contributed by atoms with E-state index in [2.05, 4.69) is 5.32 Å². The first-order valence-electron chi connectivity index (χ1n) is 5.97. The van der Waals surface area contributed by atoms with E-state index in [1.54, 1.807) is 6.07 Å². The second-order valence-electron chi connectivity index (χ2n) is 4.30. The van der Waals surface area contributed by atoms with Gasteiger partial charge in [-0.25, -0.2) is 8.78 Å². The van der Waals surface area contributed by atoms with Crippen molar-refractivity contribution in [2.45, 2.75) is 25.2 Å². The van der Waals surface area contributed by atoms with Crippen LogP contribution in [0, 0.1) is 0 Å². The summed E-state index contributed by atoms with van der Waals surface area (Å²) in [6.07, 6.45) is -0.228. The van der Waals surface area contributed by atoms with Crippen LogP contribution in [0.15, 0.2) is 24.3 Å². The van der Waals surface area contributed by atoms with Crippen molar-refractivity contribution in [2.75, 3.05) is 19.7 Å². The lowest BCUT2D eigenvalue weighted by Crippen LogP contribution is -2.26. The maximum atomic E-state index is 12.0. The van der Waals surface area contributed by atoms with Crippen LogP contribution in [-0.2, 0) is 0 Å². The summed E-state index contributed by atoms with van der Waals surface area (Å²) >= 11 is 0. The molecule has 17 heavy (non-hydrogen) atoms. The first-order valence-corrected chi connectivity index (χ1v) is 5.97. The Morgan fingerprint density at radius 2 is 2.06 bits per heavy atom. The molecule has 0 amide bonds. The Labute approximate surface area is 100.0 Å². The lowest BCUT2D eigenvalue weighted by molar-refractivity contribution is 0.0818. The van der Waals surface area contributed by atoms with Gasteiger partial charge in [0.15, 0.2) is 0 Å². The van der Waals surface area contributed by atoms with Crippen LogP contribution in [0.1, 0.15) is 24.3 Å². The smallest absolute Gasteiger partial charge is 0.272 e. The molecule has 0 unspecified atom stereocenters. The van der Waals surface area contributed by atoms with Gasteiger partial charge in [-0.1, -0.05) is 12.1 Å². The summed E-state index contributed by atoms with van der Waals surface area (Å²) in [6, 6.07) is 7.54. The number of hydrogen-bond donors (Lipinski definition) is 1. The predicted octanol–water partition coefficient (Wildman–Crippen LogP) is 2.80. The lowest BCUT2D eigenvalue weighted by atomic mass is 9.90. The summed E-state index contributed by atoms with van der Waals surface area (Å²) in [5.74, 6) is 1.06. The maximum Gasteiger partial charge on any atom is 0.272 e. The van der Waals surface area contributed by atoms with Crippen molar-refractivity contribution in [3.63, 3.8) is 0 Å². The van der Waals surface area contributed by atoms with E-state index in [1.807, 2.05) is 18.2 Å². The fraction of sp³-hybridized carbons (Fsp3) is 0.538. The Morgan fingerprint density at radius 1 is 1.29 bits per heavy atom. The van der Waals surface area contributed by atoms with E-state index in [9.17, 15) is 8.78 Å². The third-order valence-corrected chi connectivity index (χ3v) is 3.04. The van der Waals surface area contributed by atoms with Crippen molar-refractivity contribution in [1.82, 2.24) is 5.32 Å². The fourth-order valence-corrected chi connectivity index (χ4v) is 2.17. The highest BCUT2D eigenvalue weighted by Crippen LogP contribution is 2.27. The molecule has 0 saturated carbocycles. The van der Waals surface area contributed by atoms with Gasteiger partial charge in [0.25, 0.3) is 6.43 Å². The fourth-order valence-electron chi connectivity index (χ4n) is 2.17. The van der Waals surface area contributed by atoms with E-state index in [4.69, 9.17) is 4.74 Å². The zero-order valence-corrected chi connectivity index (χ0v) is 9.66. The third-order valence-electron chi connectivity index (χ3n) is 3.04. The molecule has 1 aliphatic heterocycles. The standard InChI is InChI=1S/C13H17F2NO/c14-13(15)9-17-12-3-1-2-11(8-12)10-4-6-16-7-5-10/h1-3,8,10,13,16H,4-7,9H2. The Hall–Kier alpha value is -1.16. The van der Waals surface area contributed by atoms with Crippen LogP contribution < -0.4 is 10.1 Å². The van der Waals surface area contributed by atoms with Crippen LogP contribution in [0.3, 0.4) is 0 Å². The first-order chi connectivity index (χ1) is 8.25. The summed E-state index contributed by atoms with van der Waals surface area (Å²) in [5.41, 5.74) is 1.19. The number of rotatable bonds is 4. The van der Waals surface area contributed by atoms with E-state index in [0.717, 1.165) is 25.9 Å². The molecule has 0 atom stereocenters. The second kappa shape index (κ2) is 5.96. The number of ether oxygens (including phenoxy) is 1. The summed E-state index contributed by atoms with van der Waals surface area (Å²) in [7, 11) is 0.